The molecule has 0 radical (unpaired) electrons. The molecule has 12 aromatic rings. The first-order valence-corrected chi connectivity index (χ1v) is 18.0. The number of hydrogen-bond acceptors (Lipinski definition) is 0. The number of fused-ring (bicyclic) bond motifs is 12. The van der Waals surface area contributed by atoms with Crippen molar-refractivity contribution in [1.82, 2.24) is 8.97 Å². The zero-order valence-corrected chi connectivity index (χ0v) is 28.2. The molecule has 0 unspecified atom stereocenters. The highest BCUT2D eigenvalue weighted by Crippen LogP contribution is 2.48. The molecule has 0 spiro atoms. The monoisotopic (exact) mass is 658 g/mol. The molecule has 12 rings (SSSR count). The van der Waals surface area contributed by atoms with Crippen LogP contribution in [0.15, 0.2) is 182 Å². The van der Waals surface area contributed by atoms with Crippen LogP contribution in [-0.2, 0) is 0 Å². The summed E-state index contributed by atoms with van der Waals surface area (Å²) in [5.74, 6) is 0. The predicted molar refractivity (Wildman–Crippen MR) is 221 cm³/mol. The Morgan fingerprint density at radius 1 is 0.288 bits per heavy atom. The van der Waals surface area contributed by atoms with E-state index in [2.05, 4.69) is 191 Å². The highest BCUT2D eigenvalue weighted by Gasteiger charge is 2.25. The molecule has 0 N–H and O–H groups in total. The fourth-order valence-corrected chi connectivity index (χ4v) is 9.00. The lowest BCUT2D eigenvalue weighted by atomic mass is 9.97. The van der Waals surface area contributed by atoms with Crippen molar-refractivity contribution in [3.8, 4) is 27.9 Å². The van der Waals surface area contributed by atoms with Crippen molar-refractivity contribution in [1.29, 1.82) is 0 Å². The van der Waals surface area contributed by atoms with E-state index in [-0.39, 0.29) is 0 Å². The Hall–Kier alpha value is -6.90. The highest BCUT2D eigenvalue weighted by atomic mass is 15.0. The second-order valence-electron chi connectivity index (χ2n) is 14.2. The third-order valence-electron chi connectivity index (χ3n) is 11.3. The van der Waals surface area contributed by atoms with Gasteiger partial charge in [-0.2, -0.15) is 0 Å². The van der Waals surface area contributed by atoms with Gasteiger partial charge in [-0.1, -0.05) is 121 Å². The first-order valence-electron chi connectivity index (χ1n) is 18.0. The van der Waals surface area contributed by atoms with Gasteiger partial charge in [0.2, 0.25) is 0 Å². The van der Waals surface area contributed by atoms with E-state index in [9.17, 15) is 0 Å². The maximum atomic E-state index is 2.56. The topological polar surface area (TPSA) is 9.34 Å². The molecule has 0 saturated carbocycles. The lowest BCUT2D eigenvalue weighted by molar-refractivity contribution is 1.19. The van der Waals surface area contributed by atoms with Crippen LogP contribution < -0.4 is 0 Å². The molecule has 0 atom stereocenters. The van der Waals surface area contributed by atoms with Crippen molar-refractivity contribution in [3.05, 3.63) is 182 Å². The average Bonchev–Trinajstić information content (AvgIpc) is 3.83. The molecule has 0 amide bonds. The molecule has 0 aliphatic heterocycles. The third-order valence-corrected chi connectivity index (χ3v) is 11.3. The van der Waals surface area contributed by atoms with Crippen LogP contribution >= 0.6 is 0 Å². The molecule has 0 saturated heterocycles. The molecule has 9 aromatic carbocycles. The van der Waals surface area contributed by atoms with Crippen LogP contribution in [0.1, 0.15) is 0 Å². The van der Waals surface area contributed by atoms with Crippen LogP contribution in [-0.4, -0.2) is 8.97 Å². The van der Waals surface area contributed by atoms with Crippen LogP contribution in [0.5, 0.6) is 0 Å². The summed E-state index contributed by atoms with van der Waals surface area (Å²) in [5, 5.41) is 12.7. The molecule has 0 aliphatic rings. The number of nitrogens with zero attached hydrogens (tertiary/aromatic N) is 2. The summed E-state index contributed by atoms with van der Waals surface area (Å²) in [6.07, 6.45) is 0. The summed E-state index contributed by atoms with van der Waals surface area (Å²) in [6, 6.07) is 67.2. The first-order chi connectivity index (χ1) is 25.8. The van der Waals surface area contributed by atoms with E-state index < -0.39 is 0 Å². The zero-order valence-electron chi connectivity index (χ0n) is 28.2. The normalized spacial score (nSPS) is 12.2. The molecular weight excluding hydrogens is 629 g/mol. The van der Waals surface area contributed by atoms with Gasteiger partial charge in [0.15, 0.2) is 0 Å². The lowest BCUT2D eigenvalue weighted by Crippen LogP contribution is -1.93. The van der Waals surface area contributed by atoms with E-state index in [0.29, 0.717) is 0 Å². The van der Waals surface area contributed by atoms with Crippen LogP contribution in [0.3, 0.4) is 0 Å². The molecular formula is C50H30N2. The Morgan fingerprint density at radius 2 is 0.827 bits per heavy atom. The smallest absolute Gasteiger partial charge is 0.0642 e. The van der Waals surface area contributed by atoms with E-state index in [1.807, 2.05) is 0 Å². The van der Waals surface area contributed by atoms with Crippen molar-refractivity contribution < 1.29 is 0 Å². The standard InChI is InChI=1S/C50H30N2/c1-4-12-31(13-5-1)33-20-22-35-26-41-43-30-42-40-18-10-11-19-45(40)51(39-16-8-3-9-17-39)49(42)48-44-27-36-23-21-34(32-14-6-2-7-15-32)25-38(36)29-47(44)52(50(43)48)46(41)28-37(35)24-33/h1-30H. The summed E-state index contributed by atoms with van der Waals surface area (Å²) < 4.78 is 5.05. The number of benzene rings is 9. The minimum absolute atomic E-state index is 1.17. The molecule has 2 nitrogen and oxygen atoms in total. The largest absolute Gasteiger partial charge is 0.309 e. The number of para-hydroxylation sites is 2. The zero-order chi connectivity index (χ0) is 33.9. The van der Waals surface area contributed by atoms with E-state index in [4.69, 9.17) is 0 Å². The van der Waals surface area contributed by atoms with Gasteiger partial charge in [-0.05, 0) is 104 Å². The fourth-order valence-electron chi connectivity index (χ4n) is 9.00. The Kier molecular flexibility index (Phi) is 5.53. The van der Waals surface area contributed by atoms with Crippen molar-refractivity contribution >= 4 is 81.4 Å². The van der Waals surface area contributed by atoms with Crippen LogP contribution in [0, 0.1) is 0 Å². The lowest BCUT2D eigenvalue weighted by Gasteiger charge is -2.10. The third kappa shape index (κ3) is 3.78. The second-order valence-corrected chi connectivity index (χ2v) is 14.2. The maximum absolute atomic E-state index is 2.56. The van der Waals surface area contributed by atoms with Gasteiger partial charge >= 0.3 is 0 Å². The molecule has 2 heteroatoms. The Labute approximate surface area is 299 Å². The first kappa shape index (κ1) is 27.9. The Morgan fingerprint density at radius 3 is 1.48 bits per heavy atom. The summed E-state index contributed by atoms with van der Waals surface area (Å²) >= 11 is 0. The van der Waals surface area contributed by atoms with Gasteiger partial charge in [0.25, 0.3) is 0 Å². The molecule has 0 fully saturated rings. The van der Waals surface area contributed by atoms with Crippen molar-refractivity contribution in [2.75, 3.05) is 0 Å². The fraction of sp³-hybridized carbons (Fsp3) is 0. The van der Waals surface area contributed by atoms with Crippen molar-refractivity contribution in [2.45, 2.75) is 0 Å². The van der Waals surface area contributed by atoms with E-state index in [1.165, 1.54) is 109 Å². The van der Waals surface area contributed by atoms with Crippen LogP contribution in [0.2, 0.25) is 0 Å². The summed E-state index contributed by atoms with van der Waals surface area (Å²) in [7, 11) is 0. The number of aromatic nitrogens is 2. The van der Waals surface area contributed by atoms with Gasteiger partial charge in [-0.15, -0.1) is 0 Å². The second kappa shape index (κ2) is 10.3. The summed E-state index contributed by atoms with van der Waals surface area (Å²) in [4.78, 5) is 0. The van der Waals surface area contributed by atoms with Gasteiger partial charge in [-0.25, -0.2) is 0 Å². The number of rotatable bonds is 3. The summed E-state index contributed by atoms with van der Waals surface area (Å²) in [5.41, 5.74) is 12.4. The van der Waals surface area contributed by atoms with Crippen molar-refractivity contribution in [2.24, 2.45) is 0 Å². The van der Waals surface area contributed by atoms with Gasteiger partial charge in [0.05, 0.1) is 27.6 Å². The molecule has 3 heterocycles. The van der Waals surface area contributed by atoms with Crippen LogP contribution in [0.4, 0.5) is 0 Å². The maximum Gasteiger partial charge on any atom is 0.0642 e. The molecule has 240 valence electrons. The van der Waals surface area contributed by atoms with Gasteiger partial charge < -0.3 is 8.97 Å². The minimum Gasteiger partial charge on any atom is -0.309 e. The number of hydrogen-bond donors (Lipinski definition) is 0. The Balaban J connectivity index is 1.28. The molecule has 52 heavy (non-hydrogen) atoms. The Bertz CT molecular complexity index is 3370. The van der Waals surface area contributed by atoms with Crippen LogP contribution in [0.25, 0.3) is 109 Å². The molecule has 0 aliphatic carbocycles. The van der Waals surface area contributed by atoms with E-state index in [0.717, 1.165) is 0 Å². The van der Waals surface area contributed by atoms with E-state index in [1.54, 1.807) is 0 Å². The quantitative estimate of drug-likeness (QED) is 0.179. The van der Waals surface area contributed by atoms with E-state index >= 15 is 0 Å². The minimum atomic E-state index is 1.17. The van der Waals surface area contributed by atoms with Gasteiger partial charge in [-0.3, -0.25) is 0 Å². The average molecular weight is 659 g/mol. The van der Waals surface area contributed by atoms with Gasteiger partial charge in [0, 0.05) is 38.0 Å². The van der Waals surface area contributed by atoms with Crippen molar-refractivity contribution in [3.63, 3.8) is 0 Å². The molecule has 0 bridgehead atoms. The predicted octanol–water partition coefficient (Wildman–Crippen LogP) is 13.6. The molecule has 3 aromatic heterocycles. The highest BCUT2D eigenvalue weighted by molar-refractivity contribution is 6.35. The SMILES string of the molecule is c1ccc(-c2ccc3cc4c5cc6c7ccccc7n(-c7ccccc7)c6c6c7cc8ccc(-c9ccccc9)cc8cc7n(c4cc3c2)c56)cc1. The van der Waals surface area contributed by atoms with Gasteiger partial charge in [0.1, 0.15) is 0 Å². The summed E-state index contributed by atoms with van der Waals surface area (Å²) in [6.45, 7) is 0.